The molecule has 0 amide bonds. The zero-order chi connectivity index (χ0) is 8.65. The number of unbranched alkanes of at least 4 members (excludes halogenated alkanes) is 1. The Morgan fingerprint density at radius 2 is 2.50 bits per heavy atom. The second kappa shape index (κ2) is 6.55. The van der Waals surface area contributed by atoms with Crippen LogP contribution in [0, 0.1) is 5.92 Å². The Kier molecular flexibility index (Phi) is 5.53. The molecule has 2 heteroatoms. The minimum Gasteiger partial charge on any atom is -0.316 e. The first-order chi connectivity index (χ1) is 5.93. The van der Waals surface area contributed by atoms with E-state index >= 15 is 0 Å². The van der Waals surface area contributed by atoms with Gasteiger partial charge < -0.3 is 5.32 Å². The third-order valence-electron chi connectivity index (χ3n) is 2.22. The standard InChI is InChI=1S/C10H19NS/c1-2-3-4-6-11-8-10-5-7-12-9-10/h2,10-11H,1,3-9H2. The first-order valence-electron chi connectivity index (χ1n) is 4.83. The molecule has 1 unspecified atom stereocenters. The molecular weight excluding hydrogens is 166 g/mol. The van der Waals surface area contributed by atoms with Crippen molar-refractivity contribution in [1.82, 2.24) is 5.32 Å². The average molecular weight is 185 g/mol. The van der Waals surface area contributed by atoms with Gasteiger partial charge in [-0.25, -0.2) is 0 Å². The Morgan fingerprint density at radius 3 is 3.17 bits per heavy atom. The molecule has 1 fully saturated rings. The second-order valence-electron chi connectivity index (χ2n) is 3.36. The van der Waals surface area contributed by atoms with Gasteiger partial charge in [-0.1, -0.05) is 6.08 Å². The molecule has 1 heterocycles. The van der Waals surface area contributed by atoms with Gasteiger partial charge in [0.25, 0.3) is 0 Å². The Labute approximate surface area is 80.0 Å². The maximum atomic E-state index is 3.70. The number of nitrogens with one attached hydrogen (secondary N) is 1. The Bertz CT molecular complexity index is 119. The molecule has 0 spiro atoms. The van der Waals surface area contributed by atoms with Crippen molar-refractivity contribution in [3.05, 3.63) is 12.7 Å². The lowest BCUT2D eigenvalue weighted by Crippen LogP contribution is -2.23. The van der Waals surface area contributed by atoms with Crippen LogP contribution in [-0.2, 0) is 0 Å². The molecule has 1 aliphatic heterocycles. The van der Waals surface area contributed by atoms with Crippen LogP contribution in [0.15, 0.2) is 12.7 Å². The normalized spacial score (nSPS) is 22.8. The Morgan fingerprint density at radius 1 is 1.58 bits per heavy atom. The summed E-state index contributed by atoms with van der Waals surface area (Å²) in [5, 5.41) is 3.50. The molecule has 1 nitrogen and oxygen atoms in total. The van der Waals surface area contributed by atoms with Crippen LogP contribution in [0.1, 0.15) is 19.3 Å². The molecule has 0 bridgehead atoms. The molecule has 70 valence electrons. The fourth-order valence-electron chi connectivity index (χ4n) is 1.42. The van der Waals surface area contributed by atoms with E-state index in [2.05, 4.69) is 23.7 Å². The predicted octanol–water partition coefficient (Wildman–Crippen LogP) is 2.30. The van der Waals surface area contributed by atoms with Crippen LogP contribution in [0.25, 0.3) is 0 Å². The average Bonchev–Trinajstić information content (AvgIpc) is 2.57. The number of rotatable bonds is 6. The van der Waals surface area contributed by atoms with E-state index in [0.29, 0.717) is 0 Å². The lowest BCUT2D eigenvalue weighted by molar-refractivity contribution is 0.518. The predicted molar refractivity (Wildman–Crippen MR) is 57.7 cm³/mol. The third-order valence-corrected chi connectivity index (χ3v) is 3.45. The third kappa shape index (κ3) is 4.17. The smallest absolute Gasteiger partial charge is 0.00123 e. The summed E-state index contributed by atoms with van der Waals surface area (Å²) < 4.78 is 0. The lowest BCUT2D eigenvalue weighted by Gasteiger charge is -2.08. The molecule has 1 aliphatic rings. The highest BCUT2D eigenvalue weighted by molar-refractivity contribution is 7.99. The van der Waals surface area contributed by atoms with Gasteiger partial charge in [0.15, 0.2) is 0 Å². The van der Waals surface area contributed by atoms with E-state index in [9.17, 15) is 0 Å². The summed E-state index contributed by atoms with van der Waals surface area (Å²) in [5.41, 5.74) is 0. The van der Waals surface area contributed by atoms with Gasteiger partial charge in [0.1, 0.15) is 0 Å². The maximum absolute atomic E-state index is 3.70. The number of allylic oxidation sites excluding steroid dienone is 1. The summed E-state index contributed by atoms with van der Waals surface area (Å²) in [7, 11) is 0. The number of hydrogen-bond acceptors (Lipinski definition) is 2. The first kappa shape index (κ1) is 10.1. The van der Waals surface area contributed by atoms with E-state index in [4.69, 9.17) is 0 Å². The van der Waals surface area contributed by atoms with E-state index in [1.54, 1.807) is 0 Å². The molecule has 1 N–H and O–H groups in total. The van der Waals surface area contributed by atoms with Crippen LogP contribution < -0.4 is 5.32 Å². The minimum absolute atomic E-state index is 0.943. The largest absolute Gasteiger partial charge is 0.316 e. The van der Waals surface area contributed by atoms with Crippen LogP contribution in [0.3, 0.4) is 0 Å². The van der Waals surface area contributed by atoms with E-state index in [1.807, 2.05) is 6.08 Å². The molecule has 0 aromatic rings. The van der Waals surface area contributed by atoms with Gasteiger partial charge in [-0.05, 0) is 49.8 Å². The first-order valence-corrected chi connectivity index (χ1v) is 5.98. The van der Waals surface area contributed by atoms with E-state index < -0.39 is 0 Å². The lowest BCUT2D eigenvalue weighted by atomic mass is 10.1. The molecule has 1 rings (SSSR count). The van der Waals surface area contributed by atoms with Crippen molar-refractivity contribution in [2.75, 3.05) is 24.6 Å². The molecule has 0 saturated carbocycles. The molecule has 1 saturated heterocycles. The summed E-state index contributed by atoms with van der Waals surface area (Å²) in [6.07, 6.45) is 5.79. The maximum Gasteiger partial charge on any atom is -0.00123 e. The van der Waals surface area contributed by atoms with Crippen molar-refractivity contribution < 1.29 is 0 Å². The monoisotopic (exact) mass is 185 g/mol. The Balaban J connectivity index is 1.84. The van der Waals surface area contributed by atoms with Crippen LogP contribution in [0.5, 0.6) is 0 Å². The highest BCUT2D eigenvalue weighted by Crippen LogP contribution is 2.22. The fraction of sp³-hybridized carbons (Fsp3) is 0.800. The highest BCUT2D eigenvalue weighted by atomic mass is 32.2. The highest BCUT2D eigenvalue weighted by Gasteiger charge is 2.13. The van der Waals surface area contributed by atoms with Crippen molar-refractivity contribution in [1.29, 1.82) is 0 Å². The van der Waals surface area contributed by atoms with Gasteiger partial charge in [0.05, 0.1) is 0 Å². The summed E-state index contributed by atoms with van der Waals surface area (Å²) in [4.78, 5) is 0. The van der Waals surface area contributed by atoms with Crippen molar-refractivity contribution >= 4 is 11.8 Å². The summed E-state index contributed by atoms with van der Waals surface area (Å²) in [6, 6.07) is 0. The summed E-state index contributed by atoms with van der Waals surface area (Å²) in [6.45, 7) is 6.09. The topological polar surface area (TPSA) is 12.0 Å². The van der Waals surface area contributed by atoms with Gasteiger partial charge in [0.2, 0.25) is 0 Å². The molecule has 0 aromatic heterocycles. The van der Waals surface area contributed by atoms with E-state index in [-0.39, 0.29) is 0 Å². The zero-order valence-corrected chi connectivity index (χ0v) is 8.54. The molecule has 12 heavy (non-hydrogen) atoms. The molecular formula is C10H19NS. The van der Waals surface area contributed by atoms with Crippen LogP contribution in [0.2, 0.25) is 0 Å². The van der Waals surface area contributed by atoms with Crippen molar-refractivity contribution in [3.63, 3.8) is 0 Å². The number of hydrogen-bond donors (Lipinski definition) is 1. The van der Waals surface area contributed by atoms with Gasteiger partial charge in [-0.15, -0.1) is 6.58 Å². The van der Waals surface area contributed by atoms with E-state index in [0.717, 1.165) is 18.9 Å². The van der Waals surface area contributed by atoms with E-state index in [1.165, 1.54) is 30.9 Å². The van der Waals surface area contributed by atoms with Gasteiger partial charge in [-0.2, -0.15) is 11.8 Å². The van der Waals surface area contributed by atoms with Crippen molar-refractivity contribution in [2.45, 2.75) is 19.3 Å². The minimum atomic E-state index is 0.943. The fourth-order valence-corrected chi connectivity index (χ4v) is 2.71. The van der Waals surface area contributed by atoms with Crippen molar-refractivity contribution in [2.24, 2.45) is 5.92 Å². The summed E-state index contributed by atoms with van der Waals surface area (Å²) in [5.74, 6) is 3.69. The molecule has 1 atom stereocenters. The Hall–Kier alpha value is 0.0500. The molecule has 0 radical (unpaired) electrons. The number of thioether (sulfide) groups is 1. The van der Waals surface area contributed by atoms with Gasteiger partial charge in [-0.3, -0.25) is 0 Å². The van der Waals surface area contributed by atoms with Gasteiger partial charge >= 0.3 is 0 Å². The molecule has 0 aromatic carbocycles. The van der Waals surface area contributed by atoms with Crippen molar-refractivity contribution in [3.8, 4) is 0 Å². The molecule has 0 aliphatic carbocycles. The van der Waals surface area contributed by atoms with Gasteiger partial charge in [0, 0.05) is 0 Å². The van der Waals surface area contributed by atoms with Crippen LogP contribution in [-0.4, -0.2) is 24.6 Å². The second-order valence-corrected chi connectivity index (χ2v) is 4.51. The van der Waals surface area contributed by atoms with Crippen LogP contribution in [0.4, 0.5) is 0 Å². The zero-order valence-electron chi connectivity index (χ0n) is 7.72. The summed E-state index contributed by atoms with van der Waals surface area (Å²) >= 11 is 2.09. The quantitative estimate of drug-likeness (QED) is 0.503. The SMILES string of the molecule is C=CCCCNCC1CCSC1. The van der Waals surface area contributed by atoms with Crippen LogP contribution >= 0.6 is 11.8 Å².